The van der Waals surface area contributed by atoms with Crippen molar-refractivity contribution in [2.24, 2.45) is 0 Å². The maximum absolute atomic E-state index is 13.3. The van der Waals surface area contributed by atoms with E-state index in [1.54, 1.807) is 13.8 Å². The summed E-state index contributed by atoms with van der Waals surface area (Å²) < 4.78 is 11.2. The summed E-state index contributed by atoms with van der Waals surface area (Å²) in [4.78, 5) is 59.3. The van der Waals surface area contributed by atoms with E-state index in [-0.39, 0.29) is 24.5 Å². The minimum absolute atomic E-state index is 0.0145. The van der Waals surface area contributed by atoms with Crippen molar-refractivity contribution in [1.29, 1.82) is 0 Å². The molecule has 232 valence electrons. The molecular formula is C28H32N8O7S. The van der Waals surface area contributed by atoms with Crippen LogP contribution in [0.2, 0.25) is 0 Å². The normalized spacial score (nSPS) is 12.4. The monoisotopic (exact) mass is 624 g/mol. The second kappa shape index (κ2) is 15.6. The first-order chi connectivity index (χ1) is 21.2. The first kappa shape index (κ1) is 32.1. The Labute approximate surface area is 255 Å². The number of carboxylic acids is 1. The molecule has 0 aliphatic carbocycles. The summed E-state index contributed by atoms with van der Waals surface area (Å²) in [7, 11) is 0. The molecule has 1 unspecified atom stereocenters. The molecule has 3 heterocycles. The number of Topliss-reactive ketones (excluding diaryl/α,β-unsaturated/α-hetero) is 1. The zero-order valence-corrected chi connectivity index (χ0v) is 25.0. The van der Waals surface area contributed by atoms with Crippen LogP contribution < -0.4 is 16.2 Å². The van der Waals surface area contributed by atoms with E-state index in [9.17, 15) is 24.3 Å². The number of nitrogens with one attached hydrogen (secondary N) is 2. The molecule has 4 rings (SSSR count). The minimum Gasteiger partial charge on any atom is -0.481 e. The largest absolute Gasteiger partial charge is 0.481 e. The molecule has 3 N–H and O–H groups in total. The summed E-state index contributed by atoms with van der Waals surface area (Å²) in [6, 6.07) is 7.26. The van der Waals surface area contributed by atoms with Crippen molar-refractivity contribution < 1.29 is 28.6 Å². The predicted molar refractivity (Wildman–Crippen MR) is 158 cm³/mol. The lowest BCUT2D eigenvalue weighted by Gasteiger charge is -2.22. The predicted octanol–water partition coefficient (Wildman–Crippen LogP) is 2.13. The molecule has 0 aliphatic heterocycles. The lowest BCUT2D eigenvalue weighted by atomic mass is 10.1. The lowest BCUT2D eigenvalue weighted by molar-refractivity contribution is -0.140. The molecule has 16 heteroatoms. The number of amides is 1. The van der Waals surface area contributed by atoms with E-state index in [2.05, 4.69) is 36.1 Å². The van der Waals surface area contributed by atoms with E-state index in [0.29, 0.717) is 41.7 Å². The Morgan fingerprint density at radius 1 is 1.09 bits per heavy atom. The molecule has 15 nitrogen and oxygen atoms in total. The minimum atomic E-state index is -1.25. The van der Waals surface area contributed by atoms with Gasteiger partial charge in [-0.25, -0.2) is 9.61 Å². The average Bonchev–Trinajstić information content (AvgIpc) is 3.64. The van der Waals surface area contributed by atoms with Crippen molar-refractivity contribution in [2.45, 2.75) is 63.9 Å². The molecular weight excluding hydrogens is 592 g/mol. The molecule has 0 spiro atoms. The Morgan fingerprint density at radius 3 is 2.57 bits per heavy atom. The number of anilines is 1. The summed E-state index contributed by atoms with van der Waals surface area (Å²) in [5.41, 5.74) is 1.41. The van der Waals surface area contributed by atoms with E-state index in [1.807, 2.05) is 30.3 Å². The number of carbonyl (C=O) groups excluding carboxylic acids is 2. The number of ketones is 1. The number of carboxylic acid groups (broad SMARTS) is 1. The molecule has 0 saturated heterocycles. The molecule has 0 aliphatic rings. The highest BCUT2D eigenvalue weighted by Gasteiger charge is 2.28. The number of carbonyl (C=O) groups is 3. The van der Waals surface area contributed by atoms with E-state index in [0.717, 1.165) is 5.56 Å². The van der Waals surface area contributed by atoms with Crippen molar-refractivity contribution in [3.05, 3.63) is 81.7 Å². The van der Waals surface area contributed by atoms with Gasteiger partial charge in [0, 0.05) is 31.0 Å². The Balaban J connectivity index is 1.39. The van der Waals surface area contributed by atoms with E-state index in [4.69, 9.17) is 9.15 Å². The lowest BCUT2D eigenvalue weighted by Crippen LogP contribution is -2.47. The molecule has 1 amide bonds. The van der Waals surface area contributed by atoms with Crippen LogP contribution in [0.1, 0.15) is 54.5 Å². The van der Waals surface area contributed by atoms with Gasteiger partial charge in [-0.3, -0.25) is 23.7 Å². The Morgan fingerprint density at radius 2 is 1.86 bits per heavy atom. The van der Waals surface area contributed by atoms with Crippen LogP contribution in [0.5, 0.6) is 0 Å². The number of aryl methyl sites for hydroxylation is 3. The second-order valence-corrected chi connectivity index (χ2v) is 10.7. The highest BCUT2D eigenvalue weighted by molar-refractivity contribution is 7.99. The second-order valence-electron chi connectivity index (χ2n) is 9.76. The molecule has 0 fully saturated rings. The maximum atomic E-state index is 13.3. The van der Waals surface area contributed by atoms with E-state index < -0.39 is 41.7 Å². The van der Waals surface area contributed by atoms with Gasteiger partial charge in [-0.05, 0) is 18.9 Å². The molecule has 0 radical (unpaired) electrons. The van der Waals surface area contributed by atoms with Crippen LogP contribution in [0.25, 0.3) is 0 Å². The number of hydrogen-bond acceptors (Lipinski definition) is 13. The Kier molecular flexibility index (Phi) is 11.3. The average molecular weight is 625 g/mol. The van der Waals surface area contributed by atoms with E-state index in [1.165, 1.54) is 28.7 Å². The SMILES string of the molecule is CCC(C(=O)N[C@@H](CC(=O)O)C(=O)CSCc1ccccc1)n1ccnc(NCc2nonc2CCc2nc(C)no2)c1=O. The molecule has 1 aromatic carbocycles. The fourth-order valence-corrected chi connectivity index (χ4v) is 5.25. The van der Waals surface area contributed by atoms with Crippen molar-refractivity contribution >= 4 is 35.2 Å². The summed E-state index contributed by atoms with van der Waals surface area (Å²) in [5, 5.41) is 26.4. The van der Waals surface area contributed by atoms with Gasteiger partial charge in [0.15, 0.2) is 17.4 Å². The third-order valence-corrected chi connectivity index (χ3v) is 7.56. The van der Waals surface area contributed by atoms with Crippen LogP contribution in [0.4, 0.5) is 5.82 Å². The number of benzene rings is 1. The molecule has 0 saturated carbocycles. The summed E-state index contributed by atoms with van der Waals surface area (Å²) in [5.74, 6) is -0.815. The van der Waals surface area contributed by atoms with Crippen molar-refractivity contribution in [3.63, 3.8) is 0 Å². The van der Waals surface area contributed by atoms with Crippen molar-refractivity contribution in [3.8, 4) is 0 Å². The number of nitrogens with zero attached hydrogens (tertiary/aromatic N) is 6. The van der Waals surface area contributed by atoms with Crippen LogP contribution in [0, 0.1) is 6.92 Å². The number of aromatic nitrogens is 6. The molecule has 2 atom stereocenters. The number of thioether (sulfide) groups is 1. The topological polar surface area (TPSA) is 208 Å². The molecule has 44 heavy (non-hydrogen) atoms. The van der Waals surface area contributed by atoms with Crippen LogP contribution in [-0.2, 0) is 39.5 Å². The highest BCUT2D eigenvalue weighted by atomic mass is 32.2. The fraction of sp³-hybridized carbons (Fsp3) is 0.393. The number of rotatable bonds is 17. The van der Waals surface area contributed by atoms with Crippen LogP contribution in [0.3, 0.4) is 0 Å². The van der Waals surface area contributed by atoms with Gasteiger partial charge >= 0.3 is 5.97 Å². The smallest absolute Gasteiger partial charge is 0.305 e. The summed E-state index contributed by atoms with van der Waals surface area (Å²) in [6.45, 7) is 3.48. The number of hydrogen-bond donors (Lipinski definition) is 3. The van der Waals surface area contributed by atoms with Gasteiger partial charge in [0.2, 0.25) is 11.8 Å². The maximum Gasteiger partial charge on any atom is 0.305 e. The third kappa shape index (κ3) is 8.82. The van der Waals surface area contributed by atoms with Crippen LogP contribution in [0.15, 0.2) is 56.7 Å². The summed E-state index contributed by atoms with van der Waals surface area (Å²) >= 11 is 1.33. The van der Waals surface area contributed by atoms with Gasteiger partial charge in [-0.15, -0.1) is 11.8 Å². The zero-order valence-electron chi connectivity index (χ0n) is 24.1. The first-order valence-electron chi connectivity index (χ1n) is 13.8. The number of aliphatic carboxylic acids is 1. The Bertz CT molecular complexity index is 1620. The van der Waals surface area contributed by atoms with Gasteiger partial charge in [-0.2, -0.15) is 4.98 Å². The van der Waals surface area contributed by atoms with E-state index >= 15 is 0 Å². The van der Waals surface area contributed by atoms with Gasteiger partial charge in [0.25, 0.3) is 5.56 Å². The van der Waals surface area contributed by atoms with Crippen LogP contribution >= 0.6 is 11.8 Å². The third-order valence-electron chi connectivity index (χ3n) is 6.54. The Hall–Kier alpha value is -4.86. The summed E-state index contributed by atoms with van der Waals surface area (Å²) in [6.07, 6.45) is 3.17. The van der Waals surface area contributed by atoms with Crippen molar-refractivity contribution in [1.82, 2.24) is 35.3 Å². The first-order valence-corrected chi connectivity index (χ1v) is 15.0. The van der Waals surface area contributed by atoms with Gasteiger partial charge in [0.05, 0.1) is 24.8 Å². The highest BCUT2D eigenvalue weighted by Crippen LogP contribution is 2.15. The fourth-order valence-electron chi connectivity index (χ4n) is 4.32. The van der Waals surface area contributed by atoms with Crippen LogP contribution in [-0.4, -0.2) is 64.6 Å². The quantitative estimate of drug-likeness (QED) is 0.154. The molecule has 4 aromatic rings. The molecule has 3 aromatic heterocycles. The van der Waals surface area contributed by atoms with Gasteiger partial charge in [0.1, 0.15) is 17.4 Å². The molecule has 0 bridgehead atoms. The van der Waals surface area contributed by atoms with Crippen molar-refractivity contribution in [2.75, 3.05) is 11.1 Å². The van der Waals surface area contributed by atoms with Gasteiger partial charge in [-0.1, -0.05) is 52.7 Å². The standard InChI is InChI=1S/C28H32N8O7S/c1-3-22(27(40)32-20(13-25(38)39)23(37)16-44-15-18-7-5-4-6-8-18)36-12-11-29-26(28(36)41)30-14-21-19(34-43-35-21)9-10-24-31-17(2)33-42-24/h4-8,11-12,20,22H,3,9-10,13-16H2,1-2H3,(H,29,30)(H,32,40)(H,38,39)/t20-,22?/m0/s1. The zero-order chi connectivity index (χ0) is 31.5. The van der Waals surface area contributed by atoms with Gasteiger partial charge < -0.3 is 20.3 Å².